The minimum Gasteiger partial charge on any atom is -0.467 e. The Labute approximate surface area is 151 Å². The van der Waals surface area contributed by atoms with Crippen molar-refractivity contribution < 1.29 is 14.3 Å². The second-order valence-electron chi connectivity index (χ2n) is 6.16. The summed E-state index contributed by atoms with van der Waals surface area (Å²) in [4.78, 5) is 24.0. The number of nitrogens with one attached hydrogen (secondary N) is 1. The molecule has 0 spiro atoms. The molecule has 1 atom stereocenters. The summed E-state index contributed by atoms with van der Waals surface area (Å²) in [5.41, 5.74) is 0.991. The van der Waals surface area contributed by atoms with E-state index in [0.717, 1.165) is 50.5 Å². The minimum atomic E-state index is -0.635. The summed E-state index contributed by atoms with van der Waals surface area (Å²) in [5, 5.41) is 2.80. The highest BCUT2D eigenvalue weighted by Crippen LogP contribution is 2.09. The van der Waals surface area contributed by atoms with Gasteiger partial charge in [0.05, 0.1) is 7.11 Å². The van der Waals surface area contributed by atoms with Crippen molar-refractivity contribution in [3.05, 3.63) is 35.9 Å². The Balaban J connectivity index is 2.28. The van der Waals surface area contributed by atoms with Gasteiger partial charge in [0, 0.05) is 19.3 Å². The first kappa shape index (κ1) is 20.8. The van der Waals surface area contributed by atoms with Gasteiger partial charge in [-0.2, -0.15) is 0 Å². The van der Waals surface area contributed by atoms with Crippen molar-refractivity contribution in [2.24, 2.45) is 0 Å². The molecule has 0 heterocycles. The maximum atomic E-state index is 12.1. The first-order valence-electron chi connectivity index (χ1n) is 9.02. The quantitative estimate of drug-likeness (QED) is 0.358. The van der Waals surface area contributed by atoms with Gasteiger partial charge in [0.2, 0.25) is 5.91 Å². The summed E-state index contributed by atoms with van der Waals surface area (Å²) in [5.74, 6) is 2.13. The Bertz CT molecular complexity index is 548. The van der Waals surface area contributed by atoms with Crippen LogP contribution in [0.3, 0.4) is 0 Å². The summed E-state index contributed by atoms with van der Waals surface area (Å²) in [7, 11) is 1.34. The molecule has 4 heteroatoms. The molecule has 0 fully saturated rings. The summed E-state index contributed by atoms with van der Waals surface area (Å²) >= 11 is 0. The highest BCUT2D eigenvalue weighted by molar-refractivity contribution is 5.84. The monoisotopic (exact) mass is 343 g/mol. The topological polar surface area (TPSA) is 55.4 Å². The van der Waals surface area contributed by atoms with Crippen LogP contribution in [0.4, 0.5) is 0 Å². The molecule has 136 valence electrons. The lowest BCUT2D eigenvalue weighted by Crippen LogP contribution is -2.43. The molecular weight excluding hydrogens is 314 g/mol. The van der Waals surface area contributed by atoms with Crippen molar-refractivity contribution in [2.75, 3.05) is 7.11 Å². The number of methoxy groups -OCH3 is 1. The highest BCUT2D eigenvalue weighted by atomic mass is 16.5. The molecule has 25 heavy (non-hydrogen) atoms. The fourth-order valence-corrected chi connectivity index (χ4v) is 2.67. The fourth-order valence-electron chi connectivity index (χ4n) is 2.67. The van der Waals surface area contributed by atoms with Gasteiger partial charge in [-0.15, -0.1) is 12.3 Å². The van der Waals surface area contributed by atoms with Crippen LogP contribution in [0.15, 0.2) is 30.3 Å². The molecule has 1 amide bonds. The number of unbranched alkanes of at least 4 members (excludes halogenated alkanes) is 6. The zero-order chi connectivity index (χ0) is 18.3. The Kier molecular flexibility index (Phi) is 10.8. The maximum Gasteiger partial charge on any atom is 0.328 e. The van der Waals surface area contributed by atoms with Crippen LogP contribution in [0.5, 0.6) is 0 Å². The first-order valence-corrected chi connectivity index (χ1v) is 9.02. The Hall–Kier alpha value is -2.28. The van der Waals surface area contributed by atoms with E-state index < -0.39 is 12.0 Å². The number of amides is 1. The molecule has 0 saturated carbocycles. The molecule has 1 aromatic carbocycles. The van der Waals surface area contributed by atoms with Crippen LogP contribution in [0.25, 0.3) is 0 Å². The zero-order valence-corrected chi connectivity index (χ0v) is 15.1. The molecule has 1 rings (SSSR count). The minimum absolute atomic E-state index is 0.0985. The summed E-state index contributed by atoms with van der Waals surface area (Å²) in [6, 6.07) is 8.97. The van der Waals surface area contributed by atoms with Crippen molar-refractivity contribution in [3.63, 3.8) is 0 Å². The molecule has 0 bridgehead atoms. The smallest absolute Gasteiger partial charge is 0.328 e. The second-order valence-corrected chi connectivity index (χ2v) is 6.16. The van der Waals surface area contributed by atoms with Crippen LogP contribution in [-0.4, -0.2) is 25.0 Å². The Morgan fingerprint density at radius 3 is 2.36 bits per heavy atom. The lowest BCUT2D eigenvalue weighted by molar-refractivity contribution is -0.145. The van der Waals surface area contributed by atoms with Gasteiger partial charge in [-0.25, -0.2) is 4.79 Å². The number of carbonyl (C=O) groups excluding carboxylic acids is 2. The zero-order valence-electron chi connectivity index (χ0n) is 15.1. The van der Waals surface area contributed by atoms with Gasteiger partial charge >= 0.3 is 5.97 Å². The third-order valence-corrected chi connectivity index (χ3v) is 4.08. The van der Waals surface area contributed by atoms with Gasteiger partial charge in [-0.3, -0.25) is 4.79 Å². The van der Waals surface area contributed by atoms with E-state index in [1.165, 1.54) is 7.11 Å². The number of esters is 1. The highest BCUT2D eigenvalue weighted by Gasteiger charge is 2.21. The number of carbonyl (C=O) groups is 2. The standard InChI is InChI=1S/C21H29NO3/c1-3-4-5-6-7-8-9-13-16-20(23)22-19(21(24)25-2)17-18-14-11-10-12-15-18/h1,10-12,14-15,19H,4-9,13,16-17H2,2H3,(H,22,23)/t19-/m0/s1. The molecule has 4 nitrogen and oxygen atoms in total. The lowest BCUT2D eigenvalue weighted by atomic mass is 10.1. The third-order valence-electron chi connectivity index (χ3n) is 4.08. The molecule has 0 unspecified atom stereocenters. The summed E-state index contributed by atoms with van der Waals surface area (Å²) in [6.45, 7) is 0. The molecule has 0 aromatic heterocycles. The van der Waals surface area contributed by atoms with Crippen molar-refractivity contribution >= 4 is 11.9 Å². The van der Waals surface area contributed by atoms with E-state index in [2.05, 4.69) is 11.2 Å². The van der Waals surface area contributed by atoms with E-state index in [-0.39, 0.29) is 5.91 Å². The fraction of sp³-hybridized carbons (Fsp3) is 0.524. The average molecular weight is 343 g/mol. The van der Waals surface area contributed by atoms with E-state index in [1.54, 1.807) is 0 Å². The second kappa shape index (κ2) is 13.1. The molecule has 1 aromatic rings. The third kappa shape index (κ3) is 9.56. The van der Waals surface area contributed by atoms with Crippen molar-refractivity contribution in [1.82, 2.24) is 5.32 Å². The largest absolute Gasteiger partial charge is 0.467 e. The van der Waals surface area contributed by atoms with E-state index in [1.807, 2.05) is 30.3 Å². The Morgan fingerprint density at radius 1 is 1.08 bits per heavy atom. The number of ether oxygens (including phenoxy) is 1. The SMILES string of the molecule is C#CCCCCCCCCC(=O)N[C@@H](Cc1ccccc1)C(=O)OC. The van der Waals surface area contributed by atoms with Gasteiger partial charge in [0.15, 0.2) is 0 Å². The molecule has 0 aliphatic carbocycles. The summed E-state index contributed by atoms with van der Waals surface area (Å²) < 4.78 is 4.81. The predicted molar refractivity (Wildman–Crippen MR) is 99.9 cm³/mol. The van der Waals surface area contributed by atoms with Crippen LogP contribution in [-0.2, 0) is 20.7 Å². The molecule has 0 radical (unpaired) electrons. The maximum absolute atomic E-state index is 12.1. The van der Waals surface area contributed by atoms with Crippen LogP contribution in [0, 0.1) is 12.3 Å². The molecular formula is C21H29NO3. The van der Waals surface area contributed by atoms with Crippen LogP contribution < -0.4 is 5.32 Å². The average Bonchev–Trinajstić information content (AvgIpc) is 2.63. The van der Waals surface area contributed by atoms with Gasteiger partial charge < -0.3 is 10.1 Å². The van der Waals surface area contributed by atoms with Crippen LogP contribution in [0.2, 0.25) is 0 Å². The van der Waals surface area contributed by atoms with Crippen LogP contribution in [0.1, 0.15) is 56.9 Å². The molecule has 0 aliphatic rings. The lowest BCUT2D eigenvalue weighted by Gasteiger charge is -2.16. The van der Waals surface area contributed by atoms with E-state index in [9.17, 15) is 9.59 Å². The molecule has 0 saturated heterocycles. The molecule has 1 N–H and O–H groups in total. The van der Waals surface area contributed by atoms with Crippen molar-refractivity contribution in [3.8, 4) is 12.3 Å². The number of benzene rings is 1. The number of hydrogen-bond donors (Lipinski definition) is 1. The van der Waals surface area contributed by atoms with Crippen LogP contribution >= 0.6 is 0 Å². The number of terminal acetylenes is 1. The summed E-state index contributed by atoms with van der Waals surface area (Å²) in [6.07, 6.45) is 13.3. The first-order chi connectivity index (χ1) is 12.2. The molecule has 0 aliphatic heterocycles. The van der Waals surface area contributed by atoms with Crippen molar-refractivity contribution in [1.29, 1.82) is 0 Å². The number of hydrogen-bond acceptors (Lipinski definition) is 3. The number of rotatable bonds is 12. The van der Waals surface area contributed by atoms with Gasteiger partial charge in [-0.05, 0) is 18.4 Å². The van der Waals surface area contributed by atoms with E-state index in [0.29, 0.717) is 12.8 Å². The van der Waals surface area contributed by atoms with Crippen molar-refractivity contribution in [2.45, 2.75) is 63.8 Å². The normalized spacial score (nSPS) is 11.4. The predicted octanol–water partition coefficient (Wildman–Crippen LogP) is 3.64. The van der Waals surface area contributed by atoms with E-state index >= 15 is 0 Å². The van der Waals surface area contributed by atoms with E-state index in [4.69, 9.17) is 11.2 Å². The Morgan fingerprint density at radius 2 is 1.72 bits per heavy atom. The van der Waals surface area contributed by atoms with Gasteiger partial charge in [-0.1, -0.05) is 56.0 Å². The van der Waals surface area contributed by atoms with Gasteiger partial charge in [0.1, 0.15) is 6.04 Å². The van der Waals surface area contributed by atoms with Gasteiger partial charge in [0.25, 0.3) is 0 Å².